The highest BCUT2D eigenvalue weighted by atomic mass is 35.5. The van der Waals surface area contributed by atoms with Crippen molar-refractivity contribution in [2.75, 3.05) is 46.4 Å². The van der Waals surface area contributed by atoms with E-state index in [9.17, 15) is 4.79 Å². The van der Waals surface area contributed by atoms with Gasteiger partial charge in [-0.3, -0.25) is 4.90 Å². The molecule has 2 heterocycles. The number of nitrogens with zero attached hydrogens (tertiary/aromatic N) is 3. The maximum absolute atomic E-state index is 12.4. The van der Waals surface area contributed by atoms with Gasteiger partial charge in [0.2, 0.25) is 5.89 Å². The predicted octanol–water partition coefficient (Wildman–Crippen LogP) is 4.21. The highest BCUT2D eigenvalue weighted by Crippen LogP contribution is 2.29. The zero-order valence-electron chi connectivity index (χ0n) is 16.0. The topological polar surface area (TPSA) is 58.8 Å². The van der Waals surface area contributed by atoms with Crippen molar-refractivity contribution in [1.29, 1.82) is 0 Å². The van der Waals surface area contributed by atoms with E-state index in [-0.39, 0.29) is 5.97 Å². The van der Waals surface area contributed by atoms with Crippen LogP contribution in [0.2, 0.25) is 10.0 Å². The lowest BCUT2D eigenvalue weighted by molar-refractivity contribution is 0.0432. The molecule has 6 nitrogen and oxygen atoms in total. The molecule has 0 aliphatic carbocycles. The largest absolute Gasteiger partial charge is 0.461 e. The highest BCUT2D eigenvalue weighted by Gasteiger charge is 2.16. The number of rotatable bonds is 5. The summed E-state index contributed by atoms with van der Waals surface area (Å²) in [5.74, 6) is 0.0229. The van der Waals surface area contributed by atoms with Gasteiger partial charge in [0.15, 0.2) is 5.58 Å². The molecule has 3 aromatic rings. The number of esters is 1. The van der Waals surface area contributed by atoms with Gasteiger partial charge in [0.25, 0.3) is 0 Å². The first kappa shape index (κ1) is 20.2. The van der Waals surface area contributed by atoms with E-state index in [0.29, 0.717) is 44.8 Å². The number of hydrogen-bond acceptors (Lipinski definition) is 6. The number of hydrogen-bond donors (Lipinski definition) is 0. The fourth-order valence-electron chi connectivity index (χ4n) is 3.27. The molecular formula is C21H21Cl2N3O3. The summed E-state index contributed by atoms with van der Waals surface area (Å²) in [6.07, 6.45) is 0. The van der Waals surface area contributed by atoms with Crippen molar-refractivity contribution in [3.8, 4) is 11.5 Å². The van der Waals surface area contributed by atoms with Crippen LogP contribution < -0.4 is 0 Å². The third-order valence-electron chi connectivity index (χ3n) is 4.97. The maximum Gasteiger partial charge on any atom is 0.338 e. The SMILES string of the molecule is CN1CCN(CCOC(=O)c2ccc3nc(-c4cc(Cl)cc(Cl)c4)oc3c2)CC1. The fraction of sp³-hybridized carbons (Fsp3) is 0.333. The average molecular weight is 434 g/mol. The van der Waals surface area contributed by atoms with Crippen LogP contribution in [-0.4, -0.2) is 67.1 Å². The van der Waals surface area contributed by atoms with Crippen molar-refractivity contribution in [2.24, 2.45) is 0 Å². The second kappa shape index (κ2) is 8.71. The number of oxazole rings is 1. The average Bonchev–Trinajstić information content (AvgIpc) is 3.12. The number of ether oxygens (including phenoxy) is 1. The predicted molar refractivity (Wildman–Crippen MR) is 114 cm³/mol. The number of benzene rings is 2. The van der Waals surface area contributed by atoms with Crippen LogP contribution in [0, 0.1) is 0 Å². The van der Waals surface area contributed by atoms with Crippen molar-refractivity contribution < 1.29 is 13.9 Å². The molecule has 1 aliphatic rings. The Kier molecular flexibility index (Phi) is 6.06. The second-order valence-corrected chi connectivity index (χ2v) is 8.01. The van der Waals surface area contributed by atoms with Gasteiger partial charge >= 0.3 is 5.97 Å². The summed E-state index contributed by atoms with van der Waals surface area (Å²) in [6, 6.07) is 10.2. The zero-order valence-corrected chi connectivity index (χ0v) is 17.5. The Bertz CT molecular complexity index is 1010. The van der Waals surface area contributed by atoms with Crippen LogP contribution in [0.25, 0.3) is 22.6 Å². The number of carbonyl (C=O) groups excluding carboxylic acids is 1. The molecule has 0 bridgehead atoms. The lowest BCUT2D eigenvalue weighted by Crippen LogP contribution is -2.45. The molecule has 0 N–H and O–H groups in total. The standard InChI is InChI=1S/C21H21Cl2N3O3/c1-25-4-6-26(7-5-25)8-9-28-21(27)14-2-3-18-19(12-14)29-20(24-18)15-10-16(22)13-17(23)11-15/h2-3,10-13H,4-9H2,1H3. The van der Waals surface area contributed by atoms with Gasteiger partial charge in [0.1, 0.15) is 12.1 Å². The van der Waals surface area contributed by atoms with Gasteiger partial charge < -0.3 is 14.1 Å². The second-order valence-electron chi connectivity index (χ2n) is 7.14. The van der Waals surface area contributed by atoms with Crippen molar-refractivity contribution in [3.63, 3.8) is 0 Å². The smallest absolute Gasteiger partial charge is 0.338 e. The molecule has 1 aromatic heterocycles. The lowest BCUT2D eigenvalue weighted by Gasteiger charge is -2.32. The molecule has 2 aromatic carbocycles. The number of halogens is 2. The van der Waals surface area contributed by atoms with E-state index in [1.54, 1.807) is 36.4 Å². The molecule has 4 rings (SSSR count). The maximum atomic E-state index is 12.4. The van der Waals surface area contributed by atoms with E-state index in [2.05, 4.69) is 21.8 Å². The first-order valence-electron chi connectivity index (χ1n) is 9.43. The molecule has 0 unspecified atom stereocenters. The van der Waals surface area contributed by atoms with Gasteiger partial charge in [0.05, 0.1) is 5.56 Å². The third kappa shape index (κ3) is 4.90. The van der Waals surface area contributed by atoms with Crippen molar-refractivity contribution >= 4 is 40.3 Å². The van der Waals surface area contributed by atoms with Crippen LogP contribution >= 0.6 is 23.2 Å². The summed E-state index contributed by atoms with van der Waals surface area (Å²) >= 11 is 12.1. The Balaban J connectivity index is 1.42. The zero-order chi connectivity index (χ0) is 20.4. The highest BCUT2D eigenvalue weighted by molar-refractivity contribution is 6.35. The minimum atomic E-state index is -0.371. The van der Waals surface area contributed by atoms with Crippen LogP contribution in [0.1, 0.15) is 10.4 Å². The summed E-state index contributed by atoms with van der Waals surface area (Å²) in [7, 11) is 2.11. The summed E-state index contributed by atoms with van der Waals surface area (Å²) < 4.78 is 11.3. The Hall–Kier alpha value is -2.12. The number of fused-ring (bicyclic) bond motifs is 1. The van der Waals surface area contributed by atoms with Crippen LogP contribution in [0.5, 0.6) is 0 Å². The molecule has 1 saturated heterocycles. The monoisotopic (exact) mass is 433 g/mol. The summed E-state index contributed by atoms with van der Waals surface area (Å²) in [6.45, 7) is 5.17. The molecule has 0 saturated carbocycles. The minimum Gasteiger partial charge on any atom is -0.461 e. The number of likely N-dealkylation sites (N-methyl/N-ethyl adjacent to an activating group) is 1. The number of carbonyl (C=O) groups is 1. The van der Waals surface area contributed by atoms with E-state index < -0.39 is 0 Å². The molecule has 8 heteroatoms. The van der Waals surface area contributed by atoms with Gasteiger partial charge in [-0.15, -0.1) is 0 Å². The van der Waals surface area contributed by atoms with Gasteiger partial charge in [-0.05, 0) is 43.4 Å². The van der Waals surface area contributed by atoms with E-state index >= 15 is 0 Å². The number of piperazine rings is 1. The Labute approximate surface area is 178 Å². The molecule has 1 fully saturated rings. The van der Waals surface area contributed by atoms with Crippen LogP contribution in [0.15, 0.2) is 40.8 Å². The van der Waals surface area contributed by atoms with Crippen molar-refractivity contribution in [1.82, 2.24) is 14.8 Å². The third-order valence-corrected chi connectivity index (χ3v) is 5.41. The Morgan fingerprint density at radius 2 is 1.83 bits per heavy atom. The molecule has 1 aliphatic heterocycles. The van der Waals surface area contributed by atoms with Crippen LogP contribution in [-0.2, 0) is 4.74 Å². The van der Waals surface area contributed by atoms with Crippen molar-refractivity contribution in [3.05, 3.63) is 52.0 Å². The molecule has 0 amide bonds. The first-order valence-corrected chi connectivity index (χ1v) is 10.2. The Morgan fingerprint density at radius 3 is 2.55 bits per heavy atom. The normalized spacial score (nSPS) is 15.7. The minimum absolute atomic E-state index is 0.364. The Morgan fingerprint density at radius 1 is 1.10 bits per heavy atom. The van der Waals surface area contributed by atoms with E-state index in [1.807, 2.05) is 0 Å². The van der Waals surface area contributed by atoms with Crippen LogP contribution in [0.4, 0.5) is 0 Å². The summed E-state index contributed by atoms with van der Waals surface area (Å²) in [5.41, 5.74) is 2.26. The summed E-state index contributed by atoms with van der Waals surface area (Å²) in [4.78, 5) is 21.4. The fourth-order valence-corrected chi connectivity index (χ4v) is 3.80. The molecule has 0 radical (unpaired) electrons. The number of aromatic nitrogens is 1. The van der Waals surface area contributed by atoms with Gasteiger partial charge in [-0.1, -0.05) is 23.2 Å². The molecular weight excluding hydrogens is 413 g/mol. The van der Waals surface area contributed by atoms with Gasteiger partial charge in [-0.25, -0.2) is 9.78 Å². The van der Waals surface area contributed by atoms with Gasteiger partial charge in [-0.2, -0.15) is 0 Å². The summed E-state index contributed by atoms with van der Waals surface area (Å²) in [5, 5.41) is 0.999. The lowest BCUT2D eigenvalue weighted by atomic mass is 10.2. The van der Waals surface area contributed by atoms with E-state index in [0.717, 1.165) is 32.7 Å². The molecule has 0 spiro atoms. The quantitative estimate of drug-likeness (QED) is 0.561. The van der Waals surface area contributed by atoms with Crippen LogP contribution in [0.3, 0.4) is 0 Å². The molecule has 29 heavy (non-hydrogen) atoms. The van der Waals surface area contributed by atoms with Gasteiger partial charge in [0, 0.05) is 48.3 Å². The van der Waals surface area contributed by atoms with Crippen molar-refractivity contribution in [2.45, 2.75) is 0 Å². The van der Waals surface area contributed by atoms with E-state index in [1.165, 1.54) is 0 Å². The first-order chi connectivity index (χ1) is 14.0. The van der Waals surface area contributed by atoms with E-state index in [4.69, 9.17) is 32.4 Å². The molecule has 152 valence electrons. The molecule has 0 atom stereocenters.